The molecule has 1 N–H and O–H groups in total. The summed E-state index contributed by atoms with van der Waals surface area (Å²) >= 11 is 5.39. The van der Waals surface area contributed by atoms with Gasteiger partial charge in [-0.3, -0.25) is 4.79 Å². The van der Waals surface area contributed by atoms with Crippen LogP contribution in [0.1, 0.15) is 37.7 Å². The van der Waals surface area contributed by atoms with Crippen molar-refractivity contribution in [1.82, 2.24) is 0 Å². The fraction of sp³-hybridized carbons (Fsp3) is 0.462. The Bertz CT molecular complexity index is 525. The van der Waals surface area contributed by atoms with E-state index in [0.717, 1.165) is 6.42 Å². The largest absolute Gasteiger partial charge is 0.481 e. The zero-order chi connectivity index (χ0) is 14.2. The van der Waals surface area contributed by atoms with Gasteiger partial charge in [0.15, 0.2) is 11.6 Å². The molecule has 1 saturated carbocycles. The lowest BCUT2D eigenvalue weighted by atomic mass is 9.69. The summed E-state index contributed by atoms with van der Waals surface area (Å²) in [4.78, 5) is 11.5. The van der Waals surface area contributed by atoms with E-state index >= 15 is 0 Å². The SMILES string of the molecule is O=C(O)C1(c2cc(F)c(F)c(Cl)c2F)CCCCC1. The van der Waals surface area contributed by atoms with Crippen LogP contribution in [0.5, 0.6) is 0 Å². The van der Waals surface area contributed by atoms with Gasteiger partial charge in [-0.2, -0.15) is 0 Å². The van der Waals surface area contributed by atoms with Gasteiger partial charge in [0.25, 0.3) is 0 Å². The van der Waals surface area contributed by atoms with Crippen LogP contribution in [0.2, 0.25) is 5.02 Å². The van der Waals surface area contributed by atoms with Crippen molar-refractivity contribution in [1.29, 1.82) is 0 Å². The molecular formula is C13H12ClF3O2. The standard InChI is InChI=1S/C13H12ClF3O2/c14-9-10(16)7(6-8(15)11(9)17)13(12(18)19)4-2-1-3-5-13/h6H,1-5H2,(H,18,19). The molecule has 0 aromatic heterocycles. The van der Waals surface area contributed by atoms with E-state index in [9.17, 15) is 23.1 Å². The van der Waals surface area contributed by atoms with Crippen LogP contribution in [0.3, 0.4) is 0 Å². The highest BCUT2D eigenvalue weighted by molar-refractivity contribution is 6.31. The van der Waals surface area contributed by atoms with Crippen LogP contribution in [0, 0.1) is 17.5 Å². The van der Waals surface area contributed by atoms with E-state index in [2.05, 4.69) is 0 Å². The number of hydrogen-bond acceptors (Lipinski definition) is 1. The fourth-order valence-electron chi connectivity index (χ4n) is 2.67. The van der Waals surface area contributed by atoms with E-state index in [1.807, 2.05) is 0 Å². The van der Waals surface area contributed by atoms with Crippen molar-refractivity contribution in [3.05, 3.63) is 34.1 Å². The van der Waals surface area contributed by atoms with E-state index in [0.29, 0.717) is 18.9 Å². The molecular weight excluding hydrogens is 281 g/mol. The van der Waals surface area contributed by atoms with Crippen LogP contribution < -0.4 is 0 Å². The number of carbonyl (C=O) groups is 1. The Balaban J connectivity index is 2.64. The number of carboxylic acids is 1. The first-order valence-corrected chi connectivity index (χ1v) is 6.35. The van der Waals surface area contributed by atoms with E-state index in [1.54, 1.807) is 0 Å². The molecule has 19 heavy (non-hydrogen) atoms. The molecule has 1 fully saturated rings. The monoisotopic (exact) mass is 292 g/mol. The number of aliphatic carboxylic acids is 1. The molecule has 2 nitrogen and oxygen atoms in total. The lowest BCUT2D eigenvalue weighted by Gasteiger charge is -2.34. The Morgan fingerprint density at radius 2 is 1.74 bits per heavy atom. The zero-order valence-corrected chi connectivity index (χ0v) is 10.7. The summed E-state index contributed by atoms with van der Waals surface area (Å²) < 4.78 is 40.6. The van der Waals surface area contributed by atoms with Crippen molar-refractivity contribution in [2.45, 2.75) is 37.5 Å². The Hall–Kier alpha value is -1.23. The van der Waals surface area contributed by atoms with Gasteiger partial charge in [0, 0.05) is 5.56 Å². The molecule has 1 aliphatic rings. The minimum atomic E-state index is -1.51. The van der Waals surface area contributed by atoms with Crippen LogP contribution in [0.25, 0.3) is 0 Å². The molecule has 6 heteroatoms. The third-order valence-corrected chi connectivity index (χ3v) is 4.07. The third-order valence-electron chi connectivity index (χ3n) is 3.73. The topological polar surface area (TPSA) is 37.3 Å². The maximum atomic E-state index is 14.0. The highest BCUT2D eigenvalue weighted by atomic mass is 35.5. The van der Waals surface area contributed by atoms with Gasteiger partial charge in [0.1, 0.15) is 10.8 Å². The average Bonchev–Trinajstić information content (AvgIpc) is 2.41. The average molecular weight is 293 g/mol. The molecule has 0 spiro atoms. The molecule has 2 rings (SSSR count). The van der Waals surface area contributed by atoms with Gasteiger partial charge in [0.05, 0.1) is 5.41 Å². The molecule has 0 amide bonds. The highest BCUT2D eigenvalue weighted by Gasteiger charge is 2.44. The Labute approximate surface area is 113 Å². The first-order chi connectivity index (χ1) is 8.90. The normalized spacial score (nSPS) is 18.3. The van der Waals surface area contributed by atoms with E-state index in [1.165, 1.54) is 0 Å². The second kappa shape index (κ2) is 5.04. The summed E-state index contributed by atoms with van der Waals surface area (Å²) in [5.41, 5.74) is -1.87. The van der Waals surface area contributed by atoms with Crippen LogP contribution in [0.4, 0.5) is 13.2 Å². The van der Waals surface area contributed by atoms with E-state index in [-0.39, 0.29) is 18.4 Å². The molecule has 1 aromatic rings. The van der Waals surface area contributed by atoms with Crippen LogP contribution in [0.15, 0.2) is 6.07 Å². The molecule has 0 heterocycles. The molecule has 0 saturated heterocycles. The second-order valence-corrected chi connectivity index (χ2v) is 5.17. The summed E-state index contributed by atoms with van der Waals surface area (Å²) in [5.74, 6) is -5.22. The minimum Gasteiger partial charge on any atom is -0.481 e. The maximum absolute atomic E-state index is 14.0. The third kappa shape index (κ3) is 2.20. The quantitative estimate of drug-likeness (QED) is 0.660. The molecule has 104 valence electrons. The van der Waals surface area contributed by atoms with Gasteiger partial charge >= 0.3 is 5.97 Å². The molecule has 0 bridgehead atoms. The van der Waals surface area contributed by atoms with Crippen LogP contribution >= 0.6 is 11.6 Å². The first kappa shape index (κ1) is 14.2. The van der Waals surface area contributed by atoms with Gasteiger partial charge < -0.3 is 5.11 Å². The zero-order valence-electron chi connectivity index (χ0n) is 9.98. The van der Waals surface area contributed by atoms with Crippen molar-refractivity contribution in [2.24, 2.45) is 0 Å². The molecule has 0 atom stereocenters. The summed E-state index contributed by atoms with van der Waals surface area (Å²) in [7, 11) is 0. The predicted octanol–water partition coefficient (Wildman–Crippen LogP) is 4.04. The Morgan fingerprint density at radius 3 is 2.26 bits per heavy atom. The molecule has 0 unspecified atom stereocenters. The van der Waals surface area contributed by atoms with Crippen molar-refractivity contribution < 1.29 is 23.1 Å². The number of hydrogen-bond donors (Lipinski definition) is 1. The lowest BCUT2D eigenvalue weighted by Crippen LogP contribution is -2.39. The van der Waals surface area contributed by atoms with E-state index in [4.69, 9.17) is 11.6 Å². The number of rotatable bonds is 2. The van der Waals surface area contributed by atoms with E-state index < -0.39 is 33.9 Å². The lowest BCUT2D eigenvalue weighted by molar-refractivity contribution is -0.145. The van der Waals surface area contributed by atoms with Crippen LogP contribution in [-0.2, 0) is 10.2 Å². The van der Waals surface area contributed by atoms with Gasteiger partial charge in [-0.25, -0.2) is 13.2 Å². The van der Waals surface area contributed by atoms with Crippen LogP contribution in [-0.4, -0.2) is 11.1 Å². The van der Waals surface area contributed by atoms with Crippen molar-refractivity contribution in [3.63, 3.8) is 0 Å². The summed E-state index contributed by atoms with van der Waals surface area (Å²) in [6, 6.07) is 0.621. The summed E-state index contributed by atoms with van der Waals surface area (Å²) in [5, 5.41) is 8.41. The first-order valence-electron chi connectivity index (χ1n) is 5.97. The second-order valence-electron chi connectivity index (χ2n) is 4.80. The van der Waals surface area contributed by atoms with Gasteiger partial charge in [0.2, 0.25) is 0 Å². The van der Waals surface area contributed by atoms with Gasteiger partial charge in [-0.1, -0.05) is 30.9 Å². The highest BCUT2D eigenvalue weighted by Crippen LogP contribution is 2.43. The molecule has 1 aromatic carbocycles. The van der Waals surface area contributed by atoms with Gasteiger partial charge in [-0.15, -0.1) is 0 Å². The summed E-state index contributed by atoms with van der Waals surface area (Å²) in [6.07, 6.45) is 2.43. The predicted molar refractivity (Wildman–Crippen MR) is 63.7 cm³/mol. The Kier molecular flexibility index (Phi) is 3.76. The number of benzene rings is 1. The molecule has 1 aliphatic carbocycles. The van der Waals surface area contributed by atoms with Crippen molar-refractivity contribution in [2.75, 3.05) is 0 Å². The summed E-state index contributed by atoms with van der Waals surface area (Å²) in [6.45, 7) is 0. The number of halogens is 4. The smallest absolute Gasteiger partial charge is 0.314 e. The fourth-order valence-corrected chi connectivity index (χ4v) is 2.87. The minimum absolute atomic E-state index is 0.195. The molecule has 0 radical (unpaired) electrons. The Morgan fingerprint density at radius 1 is 1.16 bits per heavy atom. The number of carboxylic acid groups (broad SMARTS) is 1. The maximum Gasteiger partial charge on any atom is 0.314 e. The van der Waals surface area contributed by atoms with Crippen molar-refractivity contribution >= 4 is 17.6 Å². The van der Waals surface area contributed by atoms with Crippen molar-refractivity contribution in [3.8, 4) is 0 Å². The molecule has 0 aliphatic heterocycles. The van der Waals surface area contributed by atoms with Gasteiger partial charge in [-0.05, 0) is 18.9 Å².